The Morgan fingerprint density at radius 2 is 1.70 bits per heavy atom. The van der Waals surface area contributed by atoms with E-state index in [0.29, 0.717) is 11.4 Å². The Bertz CT molecular complexity index is 1270. The van der Waals surface area contributed by atoms with Crippen LogP contribution in [-0.2, 0) is 9.59 Å². The summed E-state index contributed by atoms with van der Waals surface area (Å²) in [7, 11) is 0. The molecule has 1 fully saturated rings. The minimum absolute atomic E-state index is 0.142. The van der Waals surface area contributed by atoms with E-state index in [4.69, 9.17) is 0 Å². The third-order valence-electron chi connectivity index (χ3n) is 6.51. The van der Waals surface area contributed by atoms with E-state index in [2.05, 4.69) is 5.10 Å². The minimum Gasteiger partial charge on any atom is -0.858 e. The first-order valence-electron chi connectivity index (χ1n) is 11.4. The quantitative estimate of drug-likeness (QED) is 0.460. The summed E-state index contributed by atoms with van der Waals surface area (Å²) in [6.45, 7) is 3.64. The van der Waals surface area contributed by atoms with Gasteiger partial charge in [0.05, 0.1) is 11.4 Å². The average molecular weight is 443 g/mol. The van der Waals surface area contributed by atoms with Gasteiger partial charge in [-0.1, -0.05) is 37.5 Å². The maximum absolute atomic E-state index is 13.8. The van der Waals surface area contributed by atoms with E-state index in [1.165, 1.54) is 9.58 Å². The molecule has 0 spiro atoms. The summed E-state index contributed by atoms with van der Waals surface area (Å²) in [4.78, 5) is 28.9. The van der Waals surface area contributed by atoms with Crippen LogP contribution in [0.3, 0.4) is 0 Å². The molecule has 0 saturated heterocycles. The molecule has 2 aliphatic rings. The number of carbonyl (C=O) groups excluding carboxylic acids is 2. The highest BCUT2D eigenvalue weighted by Gasteiger charge is 2.49. The van der Waals surface area contributed by atoms with E-state index in [1.54, 1.807) is 29.8 Å². The van der Waals surface area contributed by atoms with Crippen molar-refractivity contribution in [1.29, 1.82) is 0 Å². The Labute approximate surface area is 192 Å². The molecule has 168 valence electrons. The van der Waals surface area contributed by atoms with Crippen molar-refractivity contribution in [2.24, 2.45) is 0 Å². The summed E-state index contributed by atoms with van der Waals surface area (Å²) in [5.74, 6) is -1.14. The van der Waals surface area contributed by atoms with Crippen LogP contribution in [0.2, 0.25) is 0 Å². The van der Waals surface area contributed by atoms with Crippen LogP contribution in [0.5, 0.6) is 5.88 Å². The molecule has 7 nitrogen and oxygen atoms in total. The largest absolute Gasteiger partial charge is 0.858 e. The normalized spacial score (nSPS) is 17.3. The number of aryl methyl sites for hydroxylation is 2. The number of pyridine rings is 1. The Morgan fingerprint density at radius 1 is 0.970 bits per heavy atom. The molecule has 0 atom stereocenters. The second-order valence-electron chi connectivity index (χ2n) is 8.80. The van der Waals surface area contributed by atoms with Gasteiger partial charge in [-0.15, -0.1) is 0 Å². The Kier molecular flexibility index (Phi) is 5.32. The highest BCUT2D eigenvalue weighted by atomic mass is 16.3. The monoisotopic (exact) mass is 442 g/mol. The van der Waals surface area contributed by atoms with Crippen LogP contribution in [0, 0.1) is 13.8 Å². The zero-order valence-electron chi connectivity index (χ0n) is 18.8. The fourth-order valence-electron chi connectivity index (χ4n) is 4.94. The van der Waals surface area contributed by atoms with Crippen molar-refractivity contribution < 1.29 is 19.3 Å². The molecule has 5 rings (SSSR count). The number of amides is 2. The molecule has 1 aliphatic carbocycles. The first kappa shape index (κ1) is 21.1. The van der Waals surface area contributed by atoms with Crippen molar-refractivity contribution in [3.05, 3.63) is 71.7 Å². The maximum atomic E-state index is 13.8. The van der Waals surface area contributed by atoms with Gasteiger partial charge in [0.2, 0.25) is 0 Å². The highest BCUT2D eigenvalue weighted by molar-refractivity contribution is 6.45. The topological polar surface area (TPSA) is 82.1 Å². The molecule has 2 amide bonds. The zero-order valence-corrected chi connectivity index (χ0v) is 18.8. The summed E-state index contributed by atoms with van der Waals surface area (Å²) in [5, 5.41) is 18.0. The second-order valence-corrected chi connectivity index (χ2v) is 8.80. The molecule has 3 heterocycles. The lowest BCUT2D eigenvalue weighted by Crippen LogP contribution is -2.45. The molecular formula is C26H26N4O3. The third-order valence-corrected chi connectivity index (χ3v) is 6.51. The first-order chi connectivity index (χ1) is 16.0. The van der Waals surface area contributed by atoms with Crippen molar-refractivity contribution in [1.82, 2.24) is 14.7 Å². The number of aromatic nitrogens is 3. The van der Waals surface area contributed by atoms with Crippen LogP contribution in [0.4, 0.5) is 0 Å². The summed E-state index contributed by atoms with van der Waals surface area (Å²) in [6, 6.07) is 12.7. The van der Waals surface area contributed by atoms with Crippen LogP contribution in [0.15, 0.2) is 54.9 Å². The SMILES string of the molecule is Cc1ccc[n+](C2=C(c3c(C)nn(-c4ccccc4)c3[O-])C(=O)N(C3CCCCC3)C2=O)c1. The molecule has 33 heavy (non-hydrogen) atoms. The lowest BCUT2D eigenvalue weighted by molar-refractivity contribution is -0.577. The van der Waals surface area contributed by atoms with Crippen molar-refractivity contribution >= 4 is 23.1 Å². The number of rotatable bonds is 4. The van der Waals surface area contributed by atoms with Gasteiger partial charge in [0.25, 0.3) is 11.6 Å². The van der Waals surface area contributed by atoms with Crippen molar-refractivity contribution in [3.8, 4) is 11.6 Å². The minimum atomic E-state index is -0.399. The van der Waals surface area contributed by atoms with E-state index in [0.717, 1.165) is 37.7 Å². The summed E-state index contributed by atoms with van der Waals surface area (Å²) in [6.07, 6.45) is 8.24. The Hall–Kier alpha value is -3.74. The molecule has 0 unspecified atom stereocenters. The Morgan fingerprint density at radius 3 is 2.39 bits per heavy atom. The molecule has 7 heteroatoms. The van der Waals surface area contributed by atoms with Gasteiger partial charge in [-0.3, -0.25) is 14.5 Å². The summed E-state index contributed by atoms with van der Waals surface area (Å²) in [5.41, 5.74) is 2.55. The summed E-state index contributed by atoms with van der Waals surface area (Å²) >= 11 is 0. The van der Waals surface area contributed by atoms with E-state index in [9.17, 15) is 14.7 Å². The van der Waals surface area contributed by atoms with Gasteiger partial charge < -0.3 is 5.11 Å². The van der Waals surface area contributed by atoms with Crippen molar-refractivity contribution in [2.75, 3.05) is 0 Å². The van der Waals surface area contributed by atoms with Gasteiger partial charge in [-0.2, -0.15) is 9.67 Å². The van der Waals surface area contributed by atoms with Crippen molar-refractivity contribution in [2.45, 2.75) is 52.0 Å². The van der Waals surface area contributed by atoms with Gasteiger partial charge in [0, 0.05) is 23.2 Å². The molecule has 0 radical (unpaired) electrons. The van der Waals surface area contributed by atoms with Crippen LogP contribution >= 0.6 is 0 Å². The van der Waals surface area contributed by atoms with Crippen LogP contribution in [0.25, 0.3) is 17.0 Å². The maximum Gasteiger partial charge on any atom is 0.327 e. The number of benzene rings is 1. The molecule has 0 bridgehead atoms. The van der Waals surface area contributed by atoms with Crippen molar-refractivity contribution in [3.63, 3.8) is 0 Å². The molecule has 1 aliphatic heterocycles. The molecule has 1 aromatic carbocycles. The lowest BCUT2D eigenvalue weighted by Gasteiger charge is -2.29. The molecule has 2 aromatic heterocycles. The van der Waals surface area contributed by atoms with Crippen LogP contribution < -0.4 is 9.67 Å². The average Bonchev–Trinajstić information content (AvgIpc) is 3.26. The molecule has 0 N–H and O–H groups in total. The first-order valence-corrected chi connectivity index (χ1v) is 11.4. The smallest absolute Gasteiger partial charge is 0.327 e. The lowest BCUT2D eigenvalue weighted by atomic mass is 9.94. The number of hydrogen-bond acceptors (Lipinski definition) is 4. The molecular weight excluding hydrogens is 416 g/mol. The van der Waals surface area contributed by atoms with E-state index >= 15 is 0 Å². The van der Waals surface area contributed by atoms with E-state index in [1.807, 2.05) is 43.5 Å². The van der Waals surface area contributed by atoms with Gasteiger partial charge >= 0.3 is 5.91 Å². The predicted octanol–water partition coefficient (Wildman–Crippen LogP) is 2.92. The second kappa shape index (κ2) is 8.31. The predicted molar refractivity (Wildman–Crippen MR) is 121 cm³/mol. The van der Waals surface area contributed by atoms with Crippen LogP contribution in [-0.4, -0.2) is 32.5 Å². The Balaban J connectivity index is 1.71. The van der Waals surface area contributed by atoms with Gasteiger partial charge in [-0.05, 0) is 50.8 Å². The number of carbonyl (C=O) groups is 2. The zero-order chi connectivity index (χ0) is 23.1. The fraction of sp³-hybridized carbons (Fsp3) is 0.308. The molecule has 3 aromatic rings. The number of imide groups is 1. The molecule has 1 saturated carbocycles. The van der Waals surface area contributed by atoms with Crippen LogP contribution in [0.1, 0.15) is 48.9 Å². The van der Waals surface area contributed by atoms with Gasteiger partial charge in [0.15, 0.2) is 12.4 Å². The number of hydrogen-bond donors (Lipinski definition) is 0. The van der Waals surface area contributed by atoms with E-state index < -0.39 is 11.8 Å². The fourth-order valence-corrected chi connectivity index (χ4v) is 4.94. The van der Waals surface area contributed by atoms with E-state index in [-0.39, 0.29) is 28.8 Å². The number of para-hydroxylation sites is 1. The van der Waals surface area contributed by atoms with Gasteiger partial charge in [-0.25, -0.2) is 4.68 Å². The summed E-state index contributed by atoms with van der Waals surface area (Å²) < 4.78 is 2.98. The van der Waals surface area contributed by atoms with Gasteiger partial charge in [0.1, 0.15) is 5.57 Å². The third kappa shape index (κ3) is 3.53. The highest BCUT2D eigenvalue weighted by Crippen LogP contribution is 2.39. The number of nitrogens with zero attached hydrogens (tertiary/aromatic N) is 4. The standard InChI is InChI=1S/C26H26N4O3/c1-17-10-9-15-28(16-17)23-22(24(31)29(26(23)33)19-11-5-3-6-12-19)21-18(2)27-30(25(21)32)20-13-7-4-8-14-20/h4,7-10,13-16,19H,3,5-6,11-12H2,1-2H3.